The van der Waals surface area contributed by atoms with Crippen molar-refractivity contribution >= 4 is 0 Å². The Hall–Kier alpha value is -0.160. The first kappa shape index (κ1) is 16.9. The molecule has 1 fully saturated rings. The van der Waals surface area contributed by atoms with Crippen molar-refractivity contribution in [1.82, 2.24) is 10.2 Å². The Kier molecular flexibility index (Phi) is 10.4. The van der Waals surface area contributed by atoms with Gasteiger partial charge in [0.25, 0.3) is 0 Å². The molecule has 1 aliphatic rings. The average molecular weight is 272 g/mol. The predicted octanol–water partition coefficient (Wildman–Crippen LogP) is 1.89. The third kappa shape index (κ3) is 8.58. The summed E-state index contributed by atoms with van der Waals surface area (Å²) in [4.78, 5) is 2.52. The van der Waals surface area contributed by atoms with Gasteiger partial charge in [-0.2, -0.15) is 0 Å². The van der Waals surface area contributed by atoms with Gasteiger partial charge in [-0.15, -0.1) is 0 Å². The number of rotatable bonds is 11. The number of ether oxygens (including phenoxy) is 2. The Morgan fingerprint density at radius 3 is 2.84 bits per heavy atom. The smallest absolute Gasteiger partial charge is 0.0702 e. The highest BCUT2D eigenvalue weighted by Crippen LogP contribution is 2.12. The molecule has 1 saturated heterocycles. The Labute approximate surface area is 118 Å². The van der Waals surface area contributed by atoms with Crippen molar-refractivity contribution in [3.8, 4) is 0 Å². The van der Waals surface area contributed by atoms with Gasteiger partial charge >= 0.3 is 0 Å². The molecule has 0 aromatic heterocycles. The molecule has 0 aliphatic carbocycles. The molecular formula is C15H32N2O2. The van der Waals surface area contributed by atoms with Crippen molar-refractivity contribution in [1.29, 1.82) is 0 Å². The second-order valence-electron chi connectivity index (χ2n) is 5.17. The monoisotopic (exact) mass is 272 g/mol. The van der Waals surface area contributed by atoms with Gasteiger partial charge in [-0.1, -0.05) is 0 Å². The number of nitrogens with one attached hydrogen (secondary N) is 1. The molecule has 1 rings (SSSR count). The molecule has 1 unspecified atom stereocenters. The Morgan fingerprint density at radius 1 is 1.16 bits per heavy atom. The van der Waals surface area contributed by atoms with E-state index in [-0.39, 0.29) is 0 Å². The molecule has 0 amide bonds. The van der Waals surface area contributed by atoms with Gasteiger partial charge in [-0.3, -0.25) is 4.90 Å². The molecule has 4 nitrogen and oxygen atoms in total. The van der Waals surface area contributed by atoms with E-state index < -0.39 is 0 Å². The molecule has 0 radical (unpaired) electrons. The lowest BCUT2D eigenvalue weighted by Crippen LogP contribution is -2.42. The summed E-state index contributed by atoms with van der Waals surface area (Å²) >= 11 is 0. The fourth-order valence-corrected chi connectivity index (χ4v) is 2.55. The van der Waals surface area contributed by atoms with E-state index in [9.17, 15) is 0 Å². The standard InChI is InChI=1S/C15H32N2O2/c1-3-18-13-6-5-9-16-10-12-17-11-7-8-15(14-17)19-4-2/h15-16H,3-14H2,1-2H3. The molecule has 0 bridgehead atoms. The number of nitrogens with zero attached hydrogens (tertiary/aromatic N) is 1. The number of likely N-dealkylation sites (tertiary alicyclic amines) is 1. The Balaban J connectivity index is 1.91. The second kappa shape index (κ2) is 11.6. The summed E-state index contributed by atoms with van der Waals surface area (Å²) < 4.78 is 11.0. The second-order valence-corrected chi connectivity index (χ2v) is 5.17. The van der Waals surface area contributed by atoms with Crippen LogP contribution in [0.15, 0.2) is 0 Å². The summed E-state index contributed by atoms with van der Waals surface area (Å²) in [6.45, 7) is 12.4. The van der Waals surface area contributed by atoms with E-state index in [2.05, 4.69) is 17.1 Å². The van der Waals surface area contributed by atoms with Crippen LogP contribution in [-0.2, 0) is 9.47 Å². The molecule has 4 heteroatoms. The minimum atomic E-state index is 0.463. The molecule has 1 N–H and O–H groups in total. The first-order chi connectivity index (χ1) is 9.36. The topological polar surface area (TPSA) is 33.7 Å². The zero-order valence-corrected chi connectivity index (χ0v) is 12.8. The van der Waals surface area contributed by atoms with Crippen molar-refractivity contribution in [2.45, 2.75) is 45.6 Å². The fraction of sp³-hybridized carbons (Fsp3) is 1.00. The maximum Gasteiger partial charge on any atom is 0.0702 e. The Bertz CT molecular complexity index is 201. The lowest BCUT2D eigenvalue weighted by molar-refractivity contribution is 0.00636. The quantitative estimate of drug-likeness (QED) is 0.582. The summed E-state index contributed by atoms with van der Waals surface area (Å²) in [5.41, 5.74) is 0. The minimum Gasteiger partial charge on any atom is -0.382 e. The molecule has 19 heavy (non-hydrogen) atoms. The average Bonchev–Trinajstić information content (AvgIpc) is 2.43. The van der Waals surface area contributed by atoms with Crippen LogP contribution in [0.1, 0.15) is 39.5 Å². The largest absolute Gasteiger partial charge is 0.382 e. The van der Waals surface area contributed by atoms with Crippen molar-refractivity contribution in [3.05, 3.63) is 0 Å². The van der Waals surface area contributed by atoms with Crippen LogP contribution in [-0.4, -0.2) is 63.5 Å². The van der Waals surface area contributed by atoms with E-state index in [4.69, 9.17) is 9.47 Å². The van der Waals surface area contributed by atoms with E-state index in [1.54, 1.807) is 0 Å². The van der Waals surface area contributed by atoms with E-state index in [1.807, 2.05) is 6.92 Å². The van der Waals surface area contributed by atoms with Crippen LogP contribution >= 0.6 is 0 Å². The van der Waals surface area contributed by atoms with Gasteiger partial charge in [-0.05, 0) is 52.6 Å². The highest BCUT2D eigenvalue weighted by molar-refractivity contribution is 4.73. The van der Waals surface area contributed by atoms with E-state index >= 15 is 0 Å². The lowest BCUT2D eigenvalue weighted by Gasteiger charge is -2.32. The molecule has 1 aliphatic heterocycles. The van der Waals surface area contributed by atoms with Crippen LogP contribution in [0.3, 0.4) is 0 Å². The predicted molar refractivity (Wildman–Crippen MR) is 79.7 cm³/mol. The van der Waals surface area contributed by atoms with E-state index in [1.165, 1.54) is 25.8 Å². The van der Waals surface area contributed by atoms with Crippen molar-refractivity contribution in [2.24, 2.45) is 0 Å². The number of hydrogen-bond donors (Lipinski definition) is 1. The van der Waals surface area contributed by atoms with Crippen molar-refractivity contribution in [2.75, 3.05) is 52.5 Å². The molecule has 0 saturated carbocycles. The normalized spacial score (nSPS) is 20.8. The molecule has 0 spiro atoms. The van der Waals surface area contributed by atoms with Crippen LogP contribution in [0.2, 0.25) is 0 Å². The highest BCUT2D eigenvalue weighted by Gasteiger charge is 2.19. The SMILES string of the molecule is CCOCCCCNCCN1CCCC(OCC)C1. The number of hydrogen-bond acceptors (Lipinski definition) is 4. The lowest BCUT2D eigenvalue weighted by atomic mass is 10.1. The summed E-state index contributed by atoms with van der Waals surface area (Å²) in [5.74, 6) is 0. The summed E-state index contributed by atoms with van der Waals surface area (Å²) in [6, 6.07) is 0. The van der Waals surface area contributed by atoms with E-state index in [0.29, 0.717) is 6.10 Å². The van der Waals surface area contributed by atoms with Gasteiger partial charge < -0.3 is 14.8 Å². The van der Waals surface area contributed by atoms with E-state index in [0.717, 1.165) is 52.4 Å². The van der Waals surface area contributed by atoms with Gasteiger partial charge in [0.05, 0.1) is 6.10 Å². The van der Waals surface area contributed by atoms with Crippen molar-refractivity contribution < 1.29 is 9.47 Å². The van der Waals surface area contributed by atoms with Crippen LogP contribution < -0.4 is 5.32 Å². The fourth-order valence-electron chi connectivity index (χ4n) is 2.55. The number of piperidine rings is 1. The molecule has 0 aromatic rings. The van der Waals surface area contributed by atoms with Crippen LogP contribution in [0.4, 0.5) is 0 Å². The third-order valence-corrected chi connectivity index (χ3v) is 3.57. The summed E-state index contributed by atoms with van der Waals surface area (Å²) in [6.07, 6.45) is 5.34. The molecule has 114 valence electrons. The third-order valence-electron chi connectivity index (χ3n) is 3.57. The number of unbranched alkanes of at least 4 members (excludes halogenated alkanes) is 1. The maximum absolute atomic E-state index is 5.72. The summed E-state index contributed by atoms with van der Waals surface area (Å²) in [5, 5.41) is 3.52. The zero-order chi connectivity index (χ0) is 13.8. The molecular weight excluding hydrogens is 240 g/mol. The van der Waals surface area contributed by atoms with Crippen molar-refractivity contribution in [3.63, 3.8) is 0 Å². The maximum atomic E-state index is 5.72. The first-order valence-electron chi connectivity index (χ1n) is 7.99. The van der Waals surface area contributed by atoms with Gasteiger partial charge in [0.1, 0.15) is 0 Å². The first-order valence-corrected chi connectivity index (χ1v) is 7.99. The van der Waals surface area contributed by atoms with Gasteiger partial charge in [0.15, 0.2) is 0 Å². The highest BCUT2D eigenvalue weighted by atomic mass is 16.5. The van der Waals surface area contributed by atoms with Gasteiger partial charge in [0.2, 0.25) is 0 Å². The molecule has 1 atom stereocenters. The molecule has 0 aromatic carbocycles. The van der Waals surface area contributed by atoms with Crippen LogP contribution in [0.25, 0.3) is 0 Å². The minimum absolute atomic E-state index is 0.463. The zero-order valence-electron chi connectivity index (χ0n) is 12.8. The molecule has 1 heterocycles. The van der Waals surface area contributed by atoms with Crippen LogP contribution in [0.5, 0.6) is 0 Å². The Morgan fingerprint density at radius 2 is 2.05 bits per heavy atom. The van der Waals surface area contributed by atoms with Crippen LogP contribution in [0, 0.1) is 0 Å². The van der Waals surface area contributed by atoms with Gasteiger partial charge in [-0.25, -0.2) is 0 Å². The van der Waals surface area contributed by atoms with Gasteiger partial charge in [0, 0.05) is 39.5 Å². The summed E-state index contributed by atoms with van der Waals surface area (Å²) in [7, 11) is 0.